The van der Waals surface area contributed by atoms with Gasteiger partial charge in [-0.1, -0.05) is 11.6 Å². The number of rotatable bonds is 2. The summed E-state index contributed by atoms with van der Waals surface area (Å²) in [4.78, 5) is 22.9. The van der Waals surface area contributed by atoms with E-state index in [2.05, 4.69) is 15.3 Å². The fourth-order valence-electron chi connectivity index (χ4n) is 2.94. The Morgan fingerprint density at radius 3 is 2.85 bits per heavy atom. The zero-order valence-corrected chi connectivity index (χ0v) is 14.6. The highest BCUT2D eigenvalue weighted by atomic mass is 35.5. The predicted molar refractivity (Wildman–Crippen MR) is 98.6 cm³/mol. The highest BCUT2D eigenvalue weighted by Gasteiger charge is 2.23. The average Bonchev–Trinajstić information content (AvgIpc) is 2.66. The van der Waals surface area contributed by atoms with Gasteiger partial charge in [0.15, 0.2) is 5.69 Å². The number of fused-ring (bicyclic) bond motifs is 1. The van der Waals surface area contributed by atoms with Crippen LogP contribution in [0.1, 0.15) is 10.5 Å². The number of nitrogens with zero attached hydrogens (tertiary/aromatic N) is 3. The second-order valence-electron chi connectivity index (χ2n) is 5.95. The maximum atomic E-state index is 14.3. The molecule has 3 aromatic rings. The SMILES string of the molecule is CN1CNC(=O)c2nc(-c3cccnc3-c3cc(Cl)ccc3F)ccc21. The molecule has 130 valence electrons. The van der Waals surface area contributed by atoms with Gasteiger partial charge in [0.1, 0.15) is 5.82 Å². The third-order valence-corrected chi connectivity index (χ3v) is 4.48. The van der Waals surface area contributed by atoms with E-state index in [1.165, 1.54) is 18.2 Å². The highest BCUT2D eigenvalue weighted by molar-refractivity contribution is 6.30. The minimum atomic E-state index is -0.426. The zero-order chi connectivity index (χ0) is 18.3. The molecule has 4 rings (SSSR count). The van der Waals surface area contributed by atoms with E-state index in [0.29, 0.717) is 34.3 Å². The second-order valence-corrected chi connectivity index (χ2v) is 6.39. The molecule has 7 heteroatoms. The smallest absolute Gasteiger partial charge is 0.273 e. The number of benzene rings is 1. The van der Waals surface area contributed by atoms with E-state index in [9.17, 15) is 9.18 Å². The van der Waals surface area contributed by atoms with Crippen LogP contribution in [0.2, 0.25) is 5.02 Å². The summed E-state index contributed by atoms with van der Waals surface area (Å²) in [6, 6.07) is 11.5. The molecule has 0 saturated carbocycles. The molecule has 1 aromatic carbocycles. The lowest BCUT2D eigenvalue weighted by atomic mass is 10.0. The normalized spacial score (nSPS) is 13.3. The lowest BCUT2D eigenvalue weighted by molar-refractivity contribution is 0.0943. The zero-order valence-electron chi connectivity index (χ0n) is 13.8. The first kappa shape index (κ1) is 16.5. The Morgan fingerprint density at radius 1 is 1.15 bits per heavy atom. The molecule has 0 atom stereocenters. The van der Waals surface area contributed by atoms with E-state index in [-0.39, 0.29) is 11.5 Å². The topological polar surface area (TPSA) is 58.1 Å². The number of carbonyl (C=O) groups is 1. The van der Waals surface area contributed by atoms with Gasteiger partial charge in [0, 0.05) is 29.4 Å². The van der Waals surface area contributed by atoms with Gasteiger partial charge in [0.2, 0.25) is 0 Å². The molecule has 0 radical (unpaired) electrons. The van der Waals surface area contributed by atoms with Crippen molar-refractivity contribution in [3.63, 3.8) is 0 Å². The van der Waals surface area contributed by atoms with Gasteiger partial charge in [-0.2, -0.15) is 0 Å². The van der Waals surface area contributed by atoms with Gasteiger partial charge in [-0.15, -0.1) is 0 Å². The van der Waals surface area contributed by atoms with E-state index < -0.39 is 5.82 Å². The fourth-order valence-corrected chi connectivity index (χ4v) is 3.11. The van der Waals surface area contributed by atoms with Crippen LogP contribution in [-0.2, 0) is 0 Å². The molecule has 0 spiro atoms. The summed E-state index contributed by atoms with van der Waals surface area (Å²) in [5, 5.41) is 3.18. The van der Waals surface area contributed by atoms with E-state index in [1.807, 2.05) is 18.0 Å². The number of hydrogen-bond acceptors (Lipinski definition) is 4. The Balaban J connectivity index is 1.89. The first-order valence-electron chi connectivity index (χ1n) is 7.96. The van der Waals surface area contributed by atoms with Crippen LogP contribution in [-0.4, -0.2) is 29.6 Å². The Kier molecular flexibility index (Phi) is 4.05. The summed E-state index contributed by atoms with van der Waals surface area (Å²) >= 11 is 6.03. The monoisotopic (exact) mass is 368 g/mol. The van der Waals surface area contributed by atoms with Crippen molar-refractivity contribution in [1.29, 1.82) is 0 Å². The molecule has 0 bridgehead atoms. The summed E-state index contributed by atoms with van der Waals surface area (Å²) in [7, 11) is 1.87. The summed E-state index contributed by atoms with van der Waals surface area (Å²) in [6.45, 7) is 0.429. The summed E-state index contributed by atoms with van der Waals surface area (Å²) in [5.74, 6) is -0.663. The number of carbonyl (C=O) groups excluding carboxylic acids is 1. The third kappa shape index (κ3) is 2.78. The quantitative estimate of drug-likeness (QED) is 0.748. The Hall–Kier alpha value is -2.99. The maximum absolute atomic E-state index is 14.3. The molecular formula is C19H14ClFN4O. The van der Waals surface area contributed by atoms with Gasteiger partial charge in [0.25, 0.3) is 5.91 Å². The molecule has 3 heterocycles. The molecule has 1 aliphatic rings. The van der Waals surface area contributed by atoms with Crippen LogP contribution in [0.3, 0.4) is 0 Å². The Labute approximate surface area is 154 Å². The van der Waals surface area contributed by atoms with Crippen molar-refractivity contribution in [2.45, 2.75) is 0 Å². The first-order chi connectivity index (χ1) is 12.5. The molecule has 0 fully saturated rings. The molecular weight excluding hydrogens is 355 g/mol. The molecule has 0 unspecified atom stereocenters. The molecule has 26 heavy (non-hydrogen) atoms. The van der Waals surface area contributed by atoms with Crippen molar-refractivity contribution >= 4 is 23.2 Å². The molecule has 2 aromatic heterocycles. The largest absolute Gasteiger partial charge is 0.355 e. The van der Waals surface area contributed by atoms with Crippen LogP contribution >= 0.6 is 11.6 Å². The standard InChI is InChI=1S/C19H14ClFN4O/c1-25-10-23-19(26)18-16(25)7-6-15(24-18)12-3-2-8-22-17(12)13-9-11(20)4-5-14(13)21/h2-9H,10H2,1H3,(H,23,26). The molecule has 1 amide bonds. The predicted octanol–water partition coefficient (Wildman–Crippen LogP) is 3.74. The summed E-state index contributed by atoms with van der Waals surface area (Å²) < 4.78 is 14.3. The summed E-state index contributed by atoms with van der Waals surface area (Å²) in [6.07, 6.45) is 1.58. The van der Waals surface area contributed by atoms with E-state index in [4.69, 9.17) is 11.6 Å². The fraction of sp³-hybridized carbons (Fsp3) is 0.105. The second kappa shape index (κ2) is 6.38. The van der Waals surface area contributed by atoms with Crippen molar-refractivity contribution < 1.29 is 9.18 Å². The first-order valence-corrected chi connectivity index (χ1v) is 8.33. The van der Waals surface area contributed by atoms with Crippen LogP contribution < -0.4 is 10.2 Å². The van der Waals surface area contributed by atoms with Crippen LogP contribution in [0.5, 0.6) is 0 Å². The van der Waals surface area contributed by atoms with Crippen LogP contribution in [0.15, 0.2) is 48.7 Å². The van der Waals surface area contributed by atoms with Crippen molar-refractivity contribution in [3.05, 3.63) is 65.2 Å². The lowest BCUT2D eigenvalue weighted by Crippen LogP contribution is -2.41. The van der Waals surface area contributed by atoms with Crippen molar-refractivity contribution in [1.82, 2.24) is 15.3 Å². The van der Waals surface area contributed by atoms with Crippen LogP contribution in [0, 0.1) is 5.82 Å². The Bertz CT molecular complexity index is 1020. The minimum absolute atomic E-state index is 0.237. The molecule has 5 nitrogen and oxygen atoms in total. The highest BCUT2D eigenvalue weighted by Crippen LogP contribution is 2.33. The van der Waals surface area contributed by atoms with Crippen molar-refractivity contribution in [2.24, 2.45) is 0 Å². The van der Waals surface area contributed by atoms with Crippen molar-refractivity contribution in [2.75, 3.05) is 18.6 Å². The number of halogens is 2. The average molecular weight is 369 g/mol. The number of anilines is 1. The van der Waals surface area contributed by atoms with E-state index >= 15 is 0 Å². The third-order valence-electron chi connectivity index (χ3n) is 4.24. The number of nitrogens with one attached hydrogen (secondary N) is 1. The number of aromatic nitrogens is 2. The molecule has 0 saturated heterocycles. The van der Waals surface area contributed by atoms with Crippen molar-refractivity contribution in [3.8, 4) is 22.5 Å². The van der Waals surface area contributed by atoms with Gasteiger partial charge < -0.3 is 10.2 Å². The molecule has 0 aliphatic carbocycles. The van der Waals surface area contributed by atoms with Crippen LogP contribution in [0.25, 0.3) is 22.5 Å². The summed E-state index contributed by atoms with van der Waals surface area (Å²) in [5.41, 5.74) is 2.95. The maximum Gasteiger partial charge on any atom is 0.273 e. The van der Waals surface area contributed by atoms with E-state index in [0.717, 1.165) is 5.69 Å². The van der Waals surface area contributed by atoms with Crippen LogP contribution in [0.4, 0.5) is 10.1 Å². The van der Waals surface area contributed by atoms with Gasteiger partial charge in [0.05, 0.1) is 23.7 Å². The molecule has 1 aliphatic heterocycles. The number of pyridine rings is 2. The van der Waals surface area contributed by atoms with Gasteiger partial charge in [-0.3, -0.25) is 9.78 Å². The number of amides is 1. The van der Waals surface area contributed by atoms with Gasteiger partial charge in [-0.05, 0) is 42.5 Å². The number of hydrogen-bond donors (Lipinski definition) is 1. The lowest BCUT2D eigenvalue weighted by Gasteiger charge is -2.27. The van der Waals surface area contributed by atoms with E-state index in [1.54, 1.807) is 24.4 Å². The Morgan fingerprint density at radius 2 is 2.00 bits per heavy atom. The molecule has 1 N–H and O–H groups in total. The van der Waals surface area contributed by atoms with Gasteiger partial charge in [-0.25, -0.2) is 9.37 Å². The minimum Gasteiger partial charge on any atom is -0.355 e. The van der Waals surface area contributed by atoms with Gasteiger partial charge >= 0.3 is 0 Å².